The topological polar surface area (TPSA) is 56.8 Å². The van der Waals surface area contributed by atoms with Crippen molar-refractivity contribution in [3.05, 3.63) is 48.0 Å². The third kappa shape index (κ3) is 4.39. The molecule has 0 saturated carbocycles. The SMILES string of the molecule is COc1ccccc1NC(=O)CCc1ccc(OC)c(OC)c1. The van der Waals surface area contributed by atoms with Gasteiger partial charge in [0.25, 0.3) is 0 Å². The van der Waals surface area contributed by atoms with Crippen LogP contribution in [0.15, 0.2) is 42.5 Å². The van der Waals surface area contributed by atoms with Crippen LogP contribution < -0.4 is 19.5 Å². The Labute approximate surface area is 136 Å². The monoisotopic (exact) mass is 315 g/mol. The molecule has 0 aliphatic rings. The number of nitrogens with one attached hydrogen (secondary N) is 1. The highest BCUT2D eigenvalue weighted by molar-refractivity contribution is 5.92. The van der Waals surface area contributed by atoms with E-state index in [0.29, 0.717) is 35.8 Å². The van der Waals surface area contributed by atoms with Gasteiger partial charge < -0.3 is 19.5 Å². The molecule has 0 aliphatic carbocycles. The van der Waals surface area contributed by atoms with Crippen molar-refractivity contribution in [3.63, 3.8) is 0 Å². The van der Waals surface area contributed by atoms with Gasteiger partial charge in [0, 0.05) is 6.42 Å². The summed E-state index contributed by atoms with van der Waals surface area (Å²) in [6, 6.07) is 13.0. The van der Waals surface area contributed by atoms with Crippen molar-refractivity contribution in [2.75, 3.05) is 26.6 Å². The van der Waals surface area contributed by atoms with Gasteiger partial charge in [0.2, 0.25) is 5.91 Å². The maximum absolute atomic E-state index is 12.1. The molecule has 5 nitrogen and oxygen atoms in total. The summed E-state index contributed by atoms with van der Waals surface area (Å²) in [4.78, 5) is 12.1. The van der Waals surface area contributed by atoms with Crippen molar-refractivity contribution in [1.29, 1.82) is 0 Å². The van der Waals surface area contributed by atoms with Crippen LogP contribution >= 0.6 is 0 Å². The first kappa shape index (κ1) is 16.7. The molecule has 0 atom stereocenters. The van der Waals surface area contributed by atoms with Crippen LogP contribution in [0.4, 0.5) is 5.69 Å². The second kappa shape index (κ2) is 8.08. The summed E-state index contributed by atoms with van der Waals surface area (Å²) in [5.41, 5.74) is 1.69. The van der Waals surface area contributed by atoms with Gasteiger partial charge in [-0.25, -0.2) is 0 Å². The fourth-order valence-electron chi connectivity index (χ4n) is 2.25. The quantitative estimate of drug-likeness (QED) is 0.852. The van der Waals surface area contributed by atoms with Crippen molar-refractivity contribution >= 4 is 11.6 Å². The molecule has 2 aromatic rings. The van der Waals surface area contributed by atoms with Crippen molar-refractivity contribution in [2.45, 2.75) is 12.8 Å². The smallest absolute Gasteiger partial charge is 0.224 e. The molecule has 1 N–H and O–H groups in total. The van der Waals surface area contributed by atoms with Crippen LogP contribution in [0.25, 0.3) is 0 Å². The van der Waals surface area contributed by atoms with E-state index in [4.69, 9.17) is 14.2 Å². The van der Waals surface area contributed by atoms with Crippen molar-refractivity contribution in [1.82, 2.24) is 0 Å². The van der Waals surface area contributed by atoms with Crippen molar-refractivity contribution in [3.8, 4) is 17.2 Å². The van der Waals surface area contributed by atoms with Crippen LogP contribution in [0, 0.1) is 0 Å². The molecule has 0 heterocycles. The van der Waals surface area contributed by atoms with Crippen LogP contribution in [0.5, 0.6) is 17.2 Å². The standard InChI is InChI=1S/C18H21NO4/c1-21-15-7-5-4-6-14(15)19-18(20)11-9-13-8-10-16(22-2)17(12-13)23-3/h4-8,10,12H,9,11H2,1-3H3,(H,19,20). The maximum Gasteiger partial charge on any atom is 0.224 e. The fraction of sp³-hybridized carbons (Fsp3) is 0.278. The van der Waals surface area contributed by atoms with Gasteiger partial charge in [-0.2, -0.15) is 0 Å². The van der Waals surface area contributed by atoms with Crippen LogP contribution in [0.1, 0.15) is 12.0 Å². The number of carbonyl (C=O) groups excluding carboxylic acids is 1. The molecule has 2 rings (SSSR count). The normalized spacial score (nSPS) is 10.0. The molecule has 0 radical (unpaired) electrons. The maximum atomic E-state index is 12.1. The van der Waals surface area contributed by atoms with E-state index in [1.165, 1.54) is 0 Å². The fourth-order valence-corrected chi connectivity index (χ4v) is 2.25. The van der Waals surface area contributed by atoms with Crippen molar-refractivity contribution < 1.29 is 19.0 Å². The Balaban J connectivity index is 1.96. The zero-order valence-corrected chi connectivity index (χ0v) is 13.6. The largest absolute Gasteiger partial charge is 0.495 e. The van der Waals surface area contributed by atoms with E-state index >= 15 is 0 Å². The van der Waals surface area contributed by atoms with Crippen LogP contribution in [0.2, 0.25) is 0 Å². The van der Waals surface area contributed by atoms with Crippen LogP contribution in [-0.2, 0) is 11.2 Å². The van der Waals surface area contributed by atoms with Gasteiger partial charge >= 0.3 is 0 Å². The number of anilines is 1. The third-order valence-corrected chi connectivity index (χ3v) is 3.47. The number of benzene rings is 2. The van der Waals surface area contributed by atoms with Gasteiger partial charge in [-0.05, 0) is 36.2 Å². The van der Waals surface area contributed by atoms with E-state index < -0.39 is 0 Å². The lowest BCUT2D eigenvalue weighted by Gasteiger charge is -2.11. The molecule has 2 aromatic carbocycles. The number of hydrogen-bond donors (Lipinski definition) is 1. The number of carbonyl (C=O) groups is 1. The molecule has 0 fully saturated rings. The number of hydrogen-bond acceptors (Lipinski definition) is 4. The number of ether oxygens (including phenoxy) is 3. The summed E-state index contributed by atoms with van der Waals surface area (Å²) in [7, 11) is 4.77. The van der Waals surface area contributed by atoms with Gasteiger partial charge in [0.15, 0.2) is 11.5 Å². The summed E-state index contributed by atoms with van der Waals surface area (Å²) >= 11 is 0. The first-order valence-corrected chi connectivity index (χ1v) is 7.31. The molecule has 0 aromatic heterocycles. The summed E-state index contributed by atoms with van der Waals surface area (Å²) in [5, 5.41) is 2.86. The van der Waals surface area contributed by atoms with E-state index in [9.17, 15) is 4.79 Å². The van der Waals surface area contributed by atoms with Gasteiger partial charge in [-0.3, -0.25) is 4.79 Å². The zero-order chi connectivity index (χ0) is 16.7. The molecule has 23 heavy (non-hydrogen) atoms. The van der Waals surface area contributed by atoms with Gasteiger partial charge in [0.05, 0.1) is 27.0 Å². The predicted molar refractivity (Wildman–Crippen MR) is 89.5 cm³/mol. The Hall–Kier alpha value is -2.69. The molecule has 0 spiro atoms. The average Bonchev–Trinajstić information content (AvgIpc) is 2.60. The second-order valence-corrected chi connectivity index (χ2v) is 4.94. The van der Waals surface area contributed by atoms with Crippen molar-refractivity contribution in [2.24, 2.45) is 0 Å². The Morgan fingerprint density at radius 3 is 2.30 bits per heavy atom. The highest BCUT2D eigenvalue weighted by Crippen LogP contribution is 2.28. The Morgan fingerprint density at radius 2 is 1.61 bits per heavy atom. The number of amides is 1. The van der Waals surface area contributed by atoms with E-state index in [1.54, 1.807) is 21.3 Å². The molecular formula is C18H21NO4. The predicted octanol–water partition coefficient (Wildman–Crippen LogP) is 3.28. The van der Waals surface area contributed by atoms with E-state index in [1.807, 2.05) is 42.5 Å². The highest BCUT2D eigenvalue weighted by Gasteiger charge is 2.09. The Bertz CT molecular complexity index is 670. The molecular weight excluding hydrogens is 294 g/mol. The van der Waals surface area contributed by atoms with E-state index in [0.717, 1.165) is 5.56 Å². The molecule has 1 amide bonds. The third-order valence-electron chi connectivity index (χ3n) is 3.47. The van der Waals surface area contributed by atoms with E-state index in [2.05, 4.69) is 5.32 Å². The lowest BCUT2D eigenvalue weighted by atomic mass is 10.1. The molecule has 0 bridgehead atoms. The highest BCUT2D eigenvalue weighted by atomic mass is 16.5. The number of aryl methyl sites for hydroxylation is 1. The zero-order valence-electron chi connectivity index (χ0n) is 13.6. The second-order valence-electron chi connectivity index (χ2n) is 4.94. The lowest BCUT2D eigenvalue weighted by molar-refractivity contribution is -0.116. The minimum Gasteiger partial charge on any atom is -0.495 e. The Kier molecular flexibility index (Phi) is 5.86. The number of para-hydroxylation sites is 2. The number of methoxy groups -OCH3 is 3. The van der Waals surface area contributed by atoms with Crippen LogP contribution in [0.3, 0.4) is 0 Å². The minimum absolute atomic E-state index is 0.0655. The van der Waals surface area contributed by atoms with Gasteiger partial charge in [0.1, 0.15) is 5.75 Å². The summed E-state index contributed by atoms with van der Waals surface area (Å²) in [6.45, 7) is 0. The molecule has 0 unspecified atom stereocenters. The van der Waals surface area contributed by atoms with Gasteiger partial charge in [-0.15, -0.1) is 0 Å². The summed E-state index contributed by atoms with van der Waals surface area (Å²) in [5.74, 6) is 1.92. The molecule has 5 heteroatoms. The Morgan fingerprint density at radius 1 is 0.913 bits per heavy atom. The van der Waals surface area contributed by atoms with Crippen LogP contribution in [-0.4, -0.2) is 27.2 Å². The summed E-state index contributed by atoms with van der Waals surface area (Å²) < 4.78 is 15.7. The molecule has 0 aliphatic heterocycles. The first-order valence-electron chi connectivity index (χ1n) is 7.31. The van der Waals surface area contributed by atoms with E-state index in [-0.39, 0.29) is 5.91 Å². The number of rotatable bonds is 7. The van der Waals surface area contributed by atoms with Gasteiger partial charge in [-0.1, -0.05) is 18.2 Å². The molecule has 122 valence electrons. The molecule has 0 saturated heterocycles. The minimum atomic E-state index is -0.0655. The summed E-state index contributed by atoms with van der Waals surface area (Å²) in [6.07, 6.45) is 0.981. The average molecular weight is 315 g/mol. The lowest BCUT2D eigenvalue weighted by Crippen LogP contribution is -2.13. The first-order chi connectivity index (χ1) is 11.2.